The molecule has 0 aromatic heterocycles. The third kappa shape index (κ3) is 4.85. The molecule has 0 bridgehead atoms. The number of ether oxygens (including phenoxy) is 2. The highest BCUT2D eigenvalue weighted by atomic mass is 16.5. The van der Waals surface area contributed by atoms with Gasteiger partial charge in [-0.3, -0.25) is 4.90 Å². The highest BCUT2D eigenvalue weighted by Gasteiger charge is 2.24. The number of hydrogen-bond donors (Lipinski definition) is 2. The van der Waals surface area contributed by atoms with Crippen LogP contribution in [0.4, 0.5) is 0 Å². The Morgan fingerprint density at radius 1 is 1.35 bits per heavy atom. The Balaban J connectivity index is 1.68. The van der Waals surface area contributed by atoms with Crippen LogP contribution in [0.25, 0.3) is 0 Å². The average molecular weight is 281 g/mol. The summed E-state index contributed by atoms with van der Waals surface area (Å²) in [5.74, 6) is 0. The highest BCUT2D eigenvalue weighted by Crippen LogP contribution is 2.08. The van der Waals surface area contributed by atoms with E-state index in [9.17, 15) is 10.2 Å². The zero-order chi connectivity index (χ0) is 14.2. The van der Waals surface area contributed by atoms with Crippen LogP contribution in [0.1, 0.15) is 5.56 Å². The molecule has 112 valence electrons. The second-order valence-electron chi connectivity index (χ2n) is 5.06. The van der Waals surface area contributed by atoms with Crippen LogP contribution in [-0.2, 0) is 16.1 Å². The van der Waals surface area contributed by atoms with Gasteiger partial charge in [-0.15, -0.1) is 0 Å². The van der Waals surface area contributed by atoms with E-state index >= 15 is 0 Å². The number of rotatable bonds is 7. The van der Waals surface area contributed by atoms with Gasteiger partial charge >= 0.3 is 0 Å². The van der Waals surface area contributed by atoms with Crippen molar-refractivity contribution in [3.8, 4) is 0 Å². The minimum absolute atomic E-state index is 0.0208. The van der Waals surface area contributed by atoms with Crippen LogP contribution in [0.3, 0.4) is 0 Å². The van der Waals surface area contributed by atoms with E-state index in [0.29, 0.717) is 33.0 Å². The third-order valence-electron chi connectivity index (χ3n) is 3.43. The molecule has 2 atom stereocenters. The van der Waals surface area contributed by atoms with E-state index in [1.54, 1.807) is 0 Å². The Labute approximate surface area is 119 Å². The zero-order valence-corrected chi connectivity index (χ0v) is 11.6. The van der Waals surface area contributed by atoms with Gasteiger partial charge in [-0.1, -0.05) is 30.3 Å². The molecule has 1 fully saturated rings. The lowest BCUT2D eigenvalue weighted by molar-refractivity contribution is -0.0570. The maximum absolute atomic E-state index is 10.0. The first-order chi connectivity index (χ1) is 9.79. The molecule has 0 amide bonds. The second-order valence-corrected chi connectivity index (χ2v) is 5.06. The molecule has 1 aliphatic heterocycles. The van der Waals surface area contributed by atoms with Crippen molar-refractivity contribution in [1.29, 1.82) is 0 Å². The molecule has 2 unspecified atom stereocenters. The number of aliphatic hydroxyl groups is 2. The van der Waals surface area contributed by atoms with Gasteiger partial charge in [-0.05, 0) is 5.56 Å². The van der Waals surface area contributed by atoms with Gasteiger partial charge in [0.25, 0.3) is 0 Å². The maximum Gasteiger partial charge on any atom is 0.0900 e. The summed E-state index contributed by atoms with van der Waals surface area (Å²) in [5, 5.41) is 19.3. The molecular weight excluding hydrogens is 258 g/mol. The minimum atomic E-state index is -0.550. The predicted octanol–water partition coefficient (Wildman–Crippen LogP) is 0.257. The Hall–Kier alpha value is -0.980. The molecular formula is C15H23NO4. The van der Waals surface area contributed by atoms with Gasteiger partial charge in [-0.2, -0.15) is 0 Å². The van der Waals surface area contributed by atoms with Crippen LogP contribution in [-0.4, -0.2) is 66.8 Å². The molecule has 0 saturated carbocycles. The first kappa shape index (κ1) is 15.4. The summed E-state index contributed by atoms with van der Waals surface area (Å²) < 4.78 is 10.8. The van der Waals surface area contributed by atoms with Crippen molar-refractivity contribution in [2.75, 3.05) is 39.5 Å². The normalized spacial score (nSPS) is 21.8. The van der Waals surface area contributed by atoms with Crippen molar-refractivity contribution in [2.45, 2.75) is 18.8 Å². The van der Waals surface area contributed by atoms with Crippen molar-refractivity contribution < 1.29 is 19.7 Å². The molecule has 5 nitrogen and oxygen atoms in total. The summed E-state index contributed by atoms with van der Waals surface area (Å²) in [6, 6.07) is 9.87. The molecule has 1 aromatic rings. The fraction of sp³-hybridized carbons (Fsp3) is 0.600. The number of morpholine rings is 1. The van der Waals surface area contributed by atoms with Crippen molar-refractivity contribution >= 4 is 0 Å². The summed E-state index contributed by atoms with van der Waals surface area (Å²) in [5.41, 5.74) is 1.10. The highest BCUT2D eigenvalue weighted by molar-refractivity contribution is 5.13. The average Bonchev–Trinajstić information content (AvgIpc) is 2.49. The summed E-state index contributed by atoms with van der Waals surface area (Å²) in [6.07, 6.45) is -0.550. The Bertz CT molecular complexity index is 373. The Kier molecular flexibility index (Phi) is 6.42. The third-order valence-corrected chi connectivity index (χ3v) is 3.43. The van der Waals surface area contributed by atoms with Gasteiger partial charge in [0.05, 0.1) is 45.2 Å². The summed E-state index contributed by atoms with van der Waals surface area (Å²) >= 11 is 0. The molecule has 0 spiro atoms. The monoisotopic (exact) mass is 281 g/mol. The van der Waals surface area contributed by atoms with Gasteiger partial charge in [0.1, 0.15) is 0 Å². The largest absolute Gasteiger partial charge is 0.395 e. The number of nitrogens with zero attached hydrogens (tertiary/aromatic N) is 1. The van der Waals surface area contributed by atoms with Crippen molar-refractivity contribution in [1.82, 2.24) is 4.90 Å². The molecule has 0 aliphatic carbocycles. The van der Waals surface area contributed by atoms with Gasteiger partial charge in [0, 0.05) is 13.1 Å². The fourth-order valence-electron chi connectivity index (χ4n) is 2.31. The topological polar surface area (TPSA) is 62.2 Å². The van der Waals surface area contributed by atoms with Crippen molar-refractivity contribution in [2.24, 2.45) is 0 Å². The van der Waals surface area contributed by atoms with E-state index in [4.69, 9.17) is 9.47 Å². The standard InChI is InChI=1S/C15H23NO4/c17-9-14-11-19-7-6-16(14)8-15(18)12-20-10-13-4-2-1-3-5-13/h1-5,14-15,17-18H,6-12H2. The summed E-state index contributed by atoms with van der Waals surface area (Å²) in [4.78, 5) is 2.06. The Morgan fingerprint density at radius 2 is 2.15 bits per heavy atom. The van der Waals surface area contributed by atoms with E-state index in [-0.39, 0.29) is 12.6 Å². The van der Waals surface area contributed by atoms with Gasteiger partial charge < -0.3 is 19.7 Å². The Morgan fingerprint density at radius 3 is 2.90 bits per heavy atom. The zero-order valence-electron chi connectivity index (χ0n) is 11.6. The van der Waals surface area contributed by atoms with Crippen LogP contribution < -0.4 is 0 Å². The van der Waals surface area contributed by atoms with Crippen LogP contribution in [0.15, 0.2) is 30.3 Å². The first-order valence-corrected chi connectivity index (χ1v) is 7.02. The second kappa shape index (κ2) is 8.34. The molecule has 0 radical (unpaired) electrons. The molecule has 20 heavy (non-hydrogen) atoms. The van der Waals surface area contributed by atoms with Gasteiger partial charge in [0.15, 0.2) is 0 Å². The van der Waals surface area contributed by atoms with Crippen molar-refractivity contribution in [3.63, 3.8) is 0 Å². The quantitative estimate of drug-likeness (QED) is 0.750. The van der Waals surface area contributed by atoms with Crippen LogP contribution in [0, 0.1) is 0 Å². The number of benzene rings is 1. The first-order valence-electron chi connectivity index (χ1n) is 7.02. The molecule has 1 aromatic carbocycles. The fourth-order valence-corrected chi connectivity index (χ4v) is 2.31. The molecule has 5 heteroatoms. The van der Waals surface area contributed by atoms with E-state index < -0.39 is 6.10 Å². The molecule has 1 heterocycles. The van der Waals surface area contributed by atoms with E-state index in [1.165, 1.54) is 0 Å². The van der Waals surface area contributed by atoms with E-state index in [1.807, 2.05) is 30.3 Å². The lowest BCUT2D eigenvalue weighted by atomic mass is 10.2. The van der Waals surface area contributed by atoms with Crippen LogP contribution in [0.2, 0.25) is 0 Å². The van der Waals surface area contributed by atoms with Crippen molar-refractivity contribution in [3.05, 3.63) is 35.9 Å². The van der Waals surface area contributed by atoms with E-state index in [0.717, 1.165) is 12.1 Å². The SMILES string of the molecule is OCC1COCCN1CC(O)COCc1ccccc1. The minimum Gasteiger partial charge on any atom is -0.395 e. The molecule has 1 aliphatic rings. The summed E-state index contributed by atoms with van der Waals surface area (Å²) in [6.45, 7) is 3.26. The van der Waals surface area contributed by atoms with E-state index in [2.05, 4.69) is 4.90 Å². The smallest absolute Gasteiger partial charge is 0.0900 e. The molecule has 2 rings (SSSR count). The maximum atomic E-state index is 10.0. The lowest BCUT2D eigenvalue weighted by Gasteiger charge is -2.35. The van der Waals surface area contributed by atoms with Crippen LogP contribution >= 0.6 is 0 Å². The number of β-amino-alcohol motifs (C(OH)–C–C–N with tert-alkyl or cyclic N) is 1. The molecule has 2 N–H and O–H groups in total. The number of hydrogen-bond acceptors (Lipinski definition) is 5. The number of aliphatic hydroxyl groups excluding tert-OH is 2. The molecule has 1 saturated heterocycles. The lowest BCUT2D eigenvalue weighted by Crippen LogP contribution is -2.50. The summed E-state index contributed by atoms with van der Waals surface area (Å²) in [7, 11) is 0. The van der Waals surface area contributed by atoms with Gasteiger partial charge in [0.2, 0.25) is 0 Å². The predicted molar refractivity (Wildman–Crippen MR) is 75.4 cm³/mol. The van der Waals surface area contributed by atoms with Gasteiger partial charge in [-0.25, -0.2) is 0 Å². The van der Waals surface area contributed by atoms with Crippen LogP contribution in [0.5, 0.6) is 0 Å².